The second-order valence-corrected chi connectivity index (χ2v) is 7.10. The Morgan fingerprint density at radius 2 is 1.81 bits per heavy atom. The molecule has 0 bridgehead atoms. The van der Waals surface area contributed by atoms with Crippen molar-refractivity contribution < 1.29 is 19.4 Å². The van der Waals surface area contributed by atoms with E-state index in [0.29, 0.717) is 35.6 Å². The van der Waals surface area contributed by atoms with Crippen LogP contribution in [-0.2, 0) is 4.74 Å². The minimum atomic E-state index is -0.510. The predicted molar refractivity (Wildman–Crippen MR) is 102 cm³/mol. The van der Waals surface area contributed by atoms with Gasteiger partial charge in [-0.15, -0.1) is 0 Å². The number of rotatable bonds is 4. The first-order valence-electron chi connectivity index (χ1n) is 9.23. The summed E-state index contributed by atoms with van der Waals surface area (Å²) in [6, 6.07) is 9.64. The SMILES string of the molecule is COC(=O)c1c(C)[nH]c(C(=O)N2CCC(C(O)c3ccccc3)CC2)c1C. The Kier molecular flexibility index (Phi) is 5.65. The van der Waals surface area contributed by atoms with Crippen molar-refractivity contribution in [2.45, 2.75) is 32.8 Å². The first kappa shape index (κ1) is 19.2. The van der Waals surface area contributed by atoms with E-state index in [1.807, 2.05) is 30.3 Å². The molecular formula is C21H26N2O4. The van der Waals surface area contributed by atoms with Gasteiger partial charge in [0.15, 0.2) is 0 Å². The molecule has 0 spiro atoms. The second-order valence-electron chi connectivity index (χ2n) is 7.10. The summed E-state index contributed by atoms with van der Waals surface area (Å²) < 4.78 is 4.81. The van der Waals surface area contributed by atoms with Gasteiger partial charge in [-0.3, -0.25) is 4.79 Å². The third kappa shape index (κ3) is 3.76. The number of hydrogen-bond donors (Lipinski definition) is 2. The van der Waals surface area contributed by atoms with Gasteiger partial charge in [-0.2, -0.15) is 0 Å². The number of aromatic amines is 1. The van der Waals surface area contributed by atoms with E-state index < -0.39 is 12.1 Å². The number of carbonyl (C=O) groups is 2. The number of likely N-dealkylation sites (tertiary alicyclic amines) is 1. The largest absolute Gasteiger partial charge is 0.465 e. The summed E-state index contributed by atoms with van der Waals surface area (Å²) in [4.78, 5) is 29.7. The fraction of sp³-hybridized carbons (Fsp3) is 0.429. The van der Waals surface area contributed by atoms with Crippen LogP contribution in [0.3, 0.4) is 0 Å². The zero-order valence-electron chi connectivity index (χ0n) is 16.0. The Morgan fingerprint density at radius 1 is 1.19 bits per heavy atom. The summed E-state index contributed by atoms with van der Waals surface area (Å²) in [7, 11) is 1.33. The first-order valence-corrected chi connectivity index (χ1v) is 9.23. The molecule has 1 saturated heterocycles. The van der Waals surface area contributed by atoms with Crippen LogP contribution in [0, 0.1) is 19.8 Å². The summed E-state index contributed by atoms with van der Waals surface area (Å²) in [6.07, 6.45) is 0.971. The van der Waals surface area contributed by atoms with Crippen LogP contribution >= 0.6 is 0 Å². The monoisotopic (exact) mass is 370 g/mol. The van der Waals surface area contributed by atoms with Crippen molar-refractivity contribution in [3.8, 4) is 0 Å². The molecule has 6 nitrogen and oxygen atoms in total. The lowest BCUT2D eigenvalue weighted by Gasteiger charge is -2.34. The van der Waals surface area contributed by atoms with Gasteiger partial charge in [0.1, 0.15) is 5.69 Å². The summed E-state index contributed by atoms with van der Waals surface area (Å²) in [5.74, 6) is -0.419. The van der Waals surface area contributed by atoms with Crippen LogP contribution in [0.1, 0.15) is 56.6 Å². The highest BCUT2D eigenvalue weighted by Gasteiger charge is 2.31. The Labute approximate surface area is 159 Å². The fourth-order valence-corrected chi connectivity index (χ4v) is 3.87. The van der Waals surface area contributed by atoms with Crippen molar-refractivity contribution in [1.82, 2.24) is 9.88 Å². The molecule has 2 aromatic rings. The smallest absolute Gasteiger partial charge is 0.339 e. The number of methoxy groups -OCH3 is 1. The quantitative estimate of drug-likeness (QED) is 0.811. The molecule has 0 radical (unpaired) electrons. The van der Waals surface area contributed by atoms with E-state index in [1.54, 1.807) is 18.7 Å². The van der Waals surface area contributed by atoms with Crippen molar-refractivity contribution >= 4 is 11.9 Å². The molecule has 1 aliphatic heterocycles. The van der Waals surface area contributed by atoms with Gasteiger partial charge in [-0.25, -0.2) is 4.79 Å². The highest BCUT2D eigenvalue weighted by atomic mass is 16.5. The van der Waals surface area contributed by atoms with E-state index >= 15 is 0 Å². The lowest BCUT2D eigenvalue weighted by molar-refractivity contribution is 0.0458. The van der Waals surface area contributed by atoms with Gasteiger partial charge in [0.2, 0.25) is 0 Å². The zero-order chi connectivity index (χ0) is 19.6. The predicted octanol–water partition coefficient (Wildman–Crippen LogP) is 3.00. The summed E-state index contributed by atoms with van der Waals surface area (Å²) in [5.41, 5.74) is 3.04. The molecule has 1 unspecified atom stereocenters. The van der Waals surface area contributed by atoms with Gasteiger partial charge in [0, 0.05) is 18.8 Å². The maximum Gasteiger partial charge on any atom is 0.339 e. The molecule has 1 aromatic heterocycles. The summed E-state index contributed by atoms with van der Waals surface area (Å²) >= 11 is 0. The zero-order valence-corrected chi connectivity index (χ0v) is 16.0. The van der Waals surface area contributed by atoms with Crippen molar-refractivity contribution in [3.05, 3.63) is 58.4 Å². The Balaban J connectivity index is 1.68. The summed E-state index contributed by atoms with van der Waals surface area (Å²) in [5, 5.41) is 10.6. The minimum absolute atomic E-state index is 0.113. The van der Waals surface area contributed by atoms with Crippen molar-refractivity contribution in [2.75, 3.05) is 20.2 Å². The number of aliphatic hydroxyl groups is 1. The molecule has 2 N–H and O–H groups in total. The number of aliphatic hydroxyl groups excluding tert-OH is 1. The number of piperidine rings is 1. The third-order valence-electron chi connectivity index (χ3n) is 5.46. The number of esters is 1. The number of aryl methyl sites for hydroxylation is 1. The lowest BCUT2D eigenvalue weighted by atomic mass is 9.87. The maximum absolute atomic E-state index is 12.9. The number of nitrogens with zero attached hydrogens (tertiary/aromatic N) is 1. The van der Waals surface area contributed by atoms with Gasteiger partial charge < -0.3 is 19.7 Å². The Hall–Kier alpha value is -2.60. The van der Waals surface area contributed by atoms with Crippen LogP contribution < -0.4 is 0 Å². The number of carbonyl (C=O) groups excluding carboxylic acids is 2. The van der Waals surface area contributed by atoms with Crippen LogP contribution in [0.2, 0.25) is 0 Å². The number of amides is 1. The molecular weight excluding hydrogens is 344 g/mol. The number of aromatic nitrogens is 1. The normalized spacial score (nSPS) is 16.2. The van der Waals surface area contributed by atoms with Crippen LogP contribution in [-0.4, -0.2) is 47.1 Å². The molecule has 1 fully saturated rings. The number of H-pyrrole nitrogens is 1. The number of nitrogens with one attached hydrogen (secondary N) is 1. The van der Waals surface area contributed by atoms with Crippen LogP contribution in [0.4, 0.5) is 0 Å². The van der Waals surface area contributed by atoms with Gasteiger partial charge in [-0.1, -0.05) is 30.3 Å². The molecule has 1 atom stereocenters. The molecule has 0 saturated carbocycles. The number of hydrogen-bond acceptors (Lipinski definition) is 4. The van der Waals surface area contributed by atoms with Gasteiger partial charge in [0.25, 0.3) is 5.91 Å². The van der Waals surface area contributed by atoms with E-state index in [9.17, 15) is 14.7 Å². The van der Waals surface area contributed by atoms with Crippen LogP contribution in [0.5, 0.6) is 0 Å². The van der Waals surface area contributed by atoms with E-state index in [-0.39, 0.29) is 11.8 Å². The number of ether oxygens (including phenoxy) is 1. The molecule has 1 aromatic carbocycles. The molecule has 6 heteroatoms. The lowest BCUT2D eigenvalue weighted by Crippen LogP contribution is -2.40. The standard InChI is InChI=1S/C21H26N2O4/c1-13-17(21(26)27-3)14(2)22-18(13)20(25)23-11-9-16(10-12-23)19(24)15-7-5-4-6-8-15/h4-8,16,19,22,24H,9-12H2,1-3H3. The van der Waals surface area contributed by atoms with E-state index in [4.69, 9.17) is 4.74 Å². The van der Waals surface area contributed by atoms with Crippen molar-refractivity contribution in [1.29, 1.82) is 0 Å². The van der Waals surface area contributed by atoms with Crippen LogP contribution in [0.15, 0.2) is 30.3 Å². The topological polar surface area (TPSA) is 82.6 Å². The van der Waals surface area contributed by atoms with Crippen molar-refractivity contribution in [3.63, 3.8) is 0 Å². The Bertz CT molecular complexity index is 820. The molecule has 2 heterocycles. The molecule has 144 valence electrons. The fourth-order valence-electron chi connectivity index (χ4n) is 3.87. The van der Waals surface area contributed by atoms with Crippen molar-refractivity contribution in [2.24, 2.45) is 5.92 Å². The van der Waals surface area contributed by atoms with Gasteiger partial charge >= 0.3 is 5.97 Å². The average molecular weight is 370 g/mol. The third-order valence-corrected chi connectivity index (χ3v) is 5.46. The molecule has 0 aliphatic carbocycles. The van der Waals surface area contributed by atoms with Gasteiger partial charge in [0.05, 0.1) is 18.8 Å². The molecule has 1 amide bonds. The first-order chi connectivity index (χ1) is 12.9. The van der Waals surface area contributed by atoms with E-state index in [1.165, 1.54) is 7.11 Å². The number of benzene rings is 1. The maximum atomic E-state index is 12.9. The van der Waals surface area contributed by atoms with Crippen LogP contribution in [0.25, 0.3) is 0 Å². The van der Waals surface area contributed by atoms with Gasteiger partial charge in [-0.05, 0) is 43.7 Å². The highest BCUT2D eigenvalue weighted by molar-refractivity contribution is 6.00. The van der Waals surface area contributed by atoms with E-state index in [2.05, 4.69) is 4.98 Å². The highest BCUT2D eigenvalue weighted by Crippen LogP contribution is 2.31. The molecule has 3 rings (SSSR count). The van der Waals surface area contributed by atoms with E-state index in [0.717, 1.165) is 18.4 Å². The minimum Gasteiger partial charge on any atom is -0.465 e. The summed E-state index contributed by atoms with van der Waals surface area (Å²) in [6.45, 7) is 4.68. The molecule has 1 aliphatic rings. The Morgan fingerprint density at radius 3 is 2.41 bits per heavy atom. The average Bonchev–Trinajstić information content (AvgIpc) is 3.01. The molecule has 27 heavy (non-hydrogen) atoms. The second kappa shape index (κ2) is 7.96.